The molecule has 0 spiro atoms. The van der Waals surface area contributed by atoms with Crippen LogP contribution in [0.4, 0.5) is 0 Å². The van der Waals surface area contributed by atoms with Crippen molar-refractivity contribution >= 4 is 44.8 Å². The van der Waals surface area contributed by atoms with Crippen molar-refractivity contribution in [3.8, 4) is 0 Å². The summed E-state index contributed by atoms with van der Waals surface area (Å²) in [5.41, 5.74) is 1.32. The molecule has 2 aromatic rings. The third kappa shape index (κ3) is 2.11. The Bertz CT molecular complexity index is 547. The van der Waals surface area contributed by atoms with E-state index >= 15 is 0 Å². The number of hydrogen-bond acceptors (Lipinski definition) is 4. The molecule has 3 rings (SSSR count). The lowest BCUT2D eigenvalue weighted by molar-refractivity contribution is 0.101. The van der Waals surface area contributed by atoms with Crippen LogP contribution in [0.1, 0.15) is 25.9 Å². The van der Waals surface area contributed by atoms with Gasteiger partial charge in [-0.2, -0.15) is 11.8 Å². The van der Waals surface area contributed by atoms with Gasteiger partial charge in [-0.15, -0.1) is 11.3 Å². The number of hydrogen-bond donors (Lipinski definition) is 0. The van der Waals surface area contributed by atoms with E-state index in [0.29, 0.717) is 5.76 Å². The maximum Gasteiger partial charge on any atom is 0.239 e. The minimum absolute atomic E-state index is 0.0220. The van der Waals surface area contributed by atoms with Gasteiger partial charge in [0.15, 0.2) is 5.76 Å². The van der Waals surface area contributed by atoms with Gasteiger partial charge in [0, 0.05) is 10.6 Å². The molecule has 0 aliphatic carbocycles. The summed E-state index contributed by atoms with van der Waals surface area (Å²) in [4.78, 5) is 14.4. The Hall–Kier alpha value is -0.520. The first-order valence-electron chi connectivity index (χ1n) is 5.22. The van der Waals surface area contributed by atoms with Gasteiger partial charge in [0.05, 0.1) is 15.6 Å². The number of carbonyl (C=O) groups is 1. The van der Waals surface area contributed by atoms with E-state index in [2.05, 4.69) is 15.9 Å². The molecule has 1 aliphatic heterocycles. The topological polar surface area (TPSA) is 30.2 Å². The molecule has 0 aromatic carbocycles. The van der Waals surface area contributed by atoms with Gasteiger partial charge >= 0.3 is 0 Å². The molecule has 3 heterocycles. The van der Waals surface area contributed by atoms with Crippen molar-refractivity contribution in [3.05, 3.63) is 43.9 Å². The zero-order chi connectivity index (χ0) is 11.8. The first kappa shape index (κ1) is 11.6. The van der Waals surface area contributed by atoms with E-state index in [1.54, 1.807) is 17.4 Å². The maximum atomic E-state index is 12.2. The van der Waals surface area contributed by atoms with Crippen LogP contribution in [-0.4, -0.2) is 11.5 Å². The van der Waals surface area contributed by atoms with Crippen molar-refractivity contribution in [1.82, 2.24) is 0 Å². The zero-order valence-electron chi connectivity index (χ0n) is 8.86. The Morgan fingerprint density at radius 2 is 2.35 bits per heavy atom. The maximum absolute atomic E-state index is 12.2. The molecule has 0 N–H and O–H groups in total. The van der Waals surface area contributed by atoms with E-state index < -0.39 is 0 Å². The summed E-state index contributed by atoms with van der Waals surface area (Å²) in [6, 6.07) is 3.76. The predicted octanol–water partition coefficient (Wildman–Crippen LogP) is 4.12. The largest absolute Gasteiger partial charge is 0.460 e. The summed E-state index contributed by atoms with van der Waals surface area (Å²) < 4.78 is 5.94. The van der Waals surface area contributed by atoms with Crippen LogP contribution in [0, 0.1) is 0 Å². The number of rotatable bonds is 2. The van der Waals surface area contributed by atoms with Gasteiger partial charge < -0.3 is 4.42 Å². The minimum atomic E-state index is -0.0220. The minimum Gasteiger partial charge on any atom is -0.460 e. The highest BCUT2D eigenvalue weighted by Crippen LogP contribution is 2.33. The van der Waals surface area contributed by atoms with Crippen LogP contribution >= 0.6 is 39.0 Å². The van der Waals surface area contributed by atoms with Crippen molar-refractivity contribution in [1.29, 1.82) is 0 Å². The lowest BCUT2D eigenvalue weighted by atomic mass is 10.2. The van der Waals surface area contributed by atoms with Crippen LogP contribution in [0.15, 0.2) is 27.3 Å². The standard InChI is InChI=1S/C12H9BrO2S2/c13-8-1-3-15-12(8)11(14)10-5-7-6-16-4-2-9(7)17-10/h1,3,5H,2,4,6H2. The number of thiophene rings is 1. The number of aryl methyl sites for hydroxylation is 1. The molecule has 2 aromatic heterocycles. The fraction of sp³-hybridized carbons (Fsp3) is 0.250. The van der Waals surface area contributed by atoms with Crippen LogP contribution in [-0.2, 0) is 12.2 Å². The summed E-state index contributed by atoms with van der Waals surface area (Å²) in [5, 5.41) is 0. The number of ketones is 1. The molecule has 0 saturated heterocycles. The Morgan fingerprint density at radius 3 is 3.06 bits per heavy atom. The number of fused-ring (bicyclic) bond motifs is 1. The van der Waals surface area contributed by atoms with E-state index in [1.165, 1.54) is 16.7 Å². The lowest BCUT2D eigenvalue weighted by Crippen LogP contribution is -1.97. The highest BCUT2D eigenvalue weighted by molar-refractivity contribution is 9.10. The van der Waals surface area contributed by atoms with Crippen LogP contribution in [0.25, 0.3) is 0 Å². The highest BCUT2D eigenvalue weighted by Gasteiger charge is 2.21. The molecule has 0 fully saturated rings. The molecule has 2 nitrogen and oxygen atoms in total. The average molecular weight is 329 g/mol. The van der Waals surface area contributed by atoms with Crippen LogP contribution in [0.3, 0.4) is 0 Å². The predicted molar refractivity (Wildman–Crippen MR) is 74.0 cm³/mol. The Balaban J connectivity index is 1.97. The summed E-state index contributed by atoms with van der Waals surface area (Å²) in [6.45, 7) is 0. The lowest BCUT2D eigenvalue weighted by Gasteiger charge is -2.08. The molecule has 0 radical (unpaired) electrons. The van der Waals surface area contributed by atoms with E-state index in [1.807, 2.05) is 17.8 Å². The monoisotopic (exact) mass is 328 g/mol. The Morgan fingerprint density at radius 1 is 1.47 bits per heavy atom. The van der Waals surface area contributed by atoms with Gasteiger partial charge in [-0.3, -0.25) is 4.79 Å². The molecule has 0 saturated carbocycles. The number of halogens is 1. The van der Waals surface area contributed by atoms with Crippen molar-refractivity contribution < 1.29 is 9.21 Å². The Labute approximate surface area is 116 Å². The van der Waals surface area contributed by atoms with Crippen molar-refractivity contribution in [2.75, 3.05) is 5.75 Å². The van der Waals surface area contributed by atoms with Gasteiger partial charge in [0.25, 0.3) is 0 Å². The molecule has 0 atom stereocenters. The van der Waals surface area contributed by atoms with Crippen molar-refractivity contribution in [2.24, 2.45) is 0 Å². The highest BCUT2D eigenvalue weighted by atomic mass is 79.9. The second-order valence-corrected chi connectivity index (χ2v) is 6.88. The quantitative estimate of drug-likeness (QED) is 0.776. The number of thioether (sulfide) groups is 1. The molecule has 17 heavy (non-hydrogen) atoms. The van der Waals surface area contributed by atoms with Crippen molar-refractivity contribution in [3.63, 3.8) is 0 Å². The van der Waals surface area contributed by atoms with Crippen LogP contribution in [0.2, 0.25) is 0 Å². The second-order valence-electron chi connectivity index (χ2n) is 3.79. The van der Waals surface area contributed by atoms with E-state index in [-0.39, 0.29) is 5.78 Å². The fourth-order valence-corrected chi connectivity index (χ4v) is 4.52. The first-order valence-corrected chi connectivity index (χ1v) is 7.99. The zero-order valence-corrected chi connectivity index (χ0v) is 12.1. The van der Waals surface area contributed by atoms with Gasteiger partial charge in [-0.25, -0.2) is 0 Å². The molecule has 0 bridgehead atoms. The average Bonchev–Trinajstić information content (AvgIpc) is 2.93. The SMILES string of the molecule is O=C(c1cc2c(s1)CCSC2)c1occc1Br. The molecule has 5 heteroatoms. The summed E-state index contributed by atoms with van der Waals surface area (Å²) in [5.74, 6) is 2.56. The summed E-state index contributed by atoms with van der Waals surface area (Å²) in [7, 11) is 0. The van der Waals surface area contributed by atoms with Gasteiger partial charge in [0.2, 0.25) is 5.78 Å². The second kappa shape index (κ2) is 4.63. The van der Waals surface area contributed by atoms with Gasteiger partial charge in [0.1, 0.15) is 0 Å². The Kier molecular flexibility index (Phi) is 3.15. The molecule has 0 amide bonds. The van der Waals surface area contributed by atoms with E-state index in [4.69, 9.17) is 4.42 Å². The van der Waals surface area contributed by atoms with E-state index in [0.717, 1.165) is 27.3 Å². The number of carbonyl (C=O) groups excluding carboxylic acids is 1. The van der Waals surface area contributed by atoms with Crippen LogP contribution < -0.4 is 0 Å². The smallest absolute Gasteiger partial charge is 0.239 e. The summed E-state index contributed by atoms with van der Waals surface area (Å²) in [6.07, 6.45) is 2.61. The third-order valence-corrected chi connectivity index (χ3v) is 5.54. The van der Waals surface area contributed by atoms with Crippen LogP contribution in [0.5, 0.6) is 0 Å². The van der Waals surface area contributed by atoms with Gasteiger partial charge in [-0.1, -0.05) is 0 Å². The number of furan rings is 1. The van der Waals surface area contributed by atoms with Gasteiger partial charge in [-0.05, 0) is 45.8 Å². The molecule has 1 aliphatic rings. The first-order chi connectivity index (χ1) is 8.25. The van der Waals surface area contributed by atoms with Crippen molar-refractivity contribution in [2.45, 2.75) is 12.2 Å². The molecular weight excluding hydrogens is 320 g/mol. The van der Waals surface area contributed by atoms with E-state index in [9.17, 15) is 4.79 Å². The third-order valence-electron chi connectivity index (χ3n) is 2.67. The molecular formula is C12H9BrO2S2. The normalized spacial score (nSPS) is 14.6. The summed E-state index contributed by atoms with van der Waals surface area (Å²) >= 11 is 6.85. The molecule has 88 valence electrons. The molecule has 0 unspecified atom stereocenters. The fourth-order valence-electron chi connectivity index (χ4n) is 1.83.